The lowest BCUT2D eigenvalue weighted by Gasteiger charge is -2.63. The summed E-state index contributed by atoms with van der Waals surface area (Å²) < 4.78 is 6.29. The molecule has 5 rings (SSSR count). The monoisotopic (exact) mass is 675 g/mol. The van der Waals surface area contributed by atoms with Crippen molar-refractivity contribution in [3.8, 4) is 0 Å². The van der Waals surface area contributed by atoms with Gasteiger partial charge in [-0.2, -0.15) is 0 Å². The average molecular weight is 676 g/mol. The van der Waals surface area contributed by atoms with Gasteiger partial charge in [-0.1, -0.05) is 61.4 Å². The second-order valence-corrected chi connectivity index (χ2v) is 17.8. The van der Waals surface area contributed by atoms with Crippen LogP contribution >= 0.6 is 21.6 Å². The summed E-state index contributed by atoms with van der Waals surface area (Å²) in [4.78, 5) is 24.8. The fraction of sp³-hybridized carbons (Fsp3) is 0.784. The van der Waals surface area contributed by atoms with Crippen molar-refractivity contribution < 1.29 is 29.6 Å². The predicted octanol–water partition coefficient (Wildman–Crippen LogP) is 6.98. The van der Waals surface area contributed by atoms with Gasteiger partial charge in [0.2, 0.25) is 5.91 Å². The number of carbonyl (C=O) groups excluding carboxylic acids is 1. The first-order chi connectivity index (χ1) is 22.0. The number of benzene rings is 1. The van der Waals surface area contributed by atoms with Gasteiger partial charge in [-0.05, 0) is 122 Å². The van der Waals surface area contributed by atoms with Gasteiger partial charge in [0, 0.05) is 30.0 Å². The fourth-order valence-corrected chi connectivity index (χ4v) is 12.3. The van der Waals surface area contributed by atoms with Gasteiger partial charge in [-0.3, -0.25) is 9.59 Å². The van der Waals surface area contributed by atoms with Crippen LogP contribution in [0.4, 0.5) is 0 Å². The van der Waals surface area contributed by atoms with Crippen molar-refractivity contribution in [3.05, 3.63) is 29.8 Å². The number of hydrogen-bond acceptors (Lipinski definition) is 7. The molecule has 0 heterocycles. The van der Waals surface area contributed by atoms with Crippen LogP contribution in [0.25, 0.3) is 0 Å². The molecule has 4 N–H and O–H groups in total. The van der Waals surface area contributed by atoms with Crippen LogP contribution in [0.2, 0.25) is 0 Å². The first kappa shape index (κ1) is 36.0. The molecule has 0 aromatic heterocycles. The molecule has 11 atom stereocenters. The molecule has 1 amide bonds. The molecule has 0 aliphatic heterocycles. The second-order valence-electron chi connectivity index (χ2n) is 15.3. The fourth-order valence-electron chi connectivity index (χ4n) is 10.3. The molecule has 7 nitrogen and oxygen atoms in total. The van der Waals surface area contributed by atoms with Crippen LogP contribution in [0.1, 0.15) is 97.5 Å². The number of aliphatic hydroxyl groups is 2. The van der Waals surface area contributed by atoms with Crippen LogP contribution in [-0.2, 0) is 20.7 Å². The highest BCUT2D eigenvalue weighted by molar-refractivity contribution is 8.76. The third-order valence-electron chi connectivity index (χ3n) is 13.0. The normalized spacial score (nSPS) is 37.5. The van der Waals surface area contributed by atoms with E-state index in [4.69, 9.17) is 4.74 Å². The van der Waals surface area contributed by atoms with E-state index >= 15 is 0 Å². The minimum absolute atomic E-state index is 0.0592. The van der Waals surface area contributed by atoms with E-state index in [9.17, 15) is 24.9 Å². The van der Waals surface area contributed by atoms with E-state index in [0.29, 0.717) is 31.9 Å². The molecule has 0 saturated heterocycles. The molecule has 0 spiro atoms. The number of carbonyl (C=O) groups is 2. The van der Waals surface area contributed by atoms with Crippen molar-refractivity contribution in [1.82, 2.24) is 5.32 Å². The molecular weight excluding hydrogens is 619 g/mol. The number of hydrogen-bond donors (Lipinski definition) is 4. The van der Waals surface area contributed by atoms with Gasteiger partial charge in [-0.25, -0.2) is 0 Å². The van der Waals surface area contributed by atoms with Crippen molar-refractivity contribution in [3.63, 3.8) is 0 Å². The lowest BCUT2D eigenvalue weighted by Crippen LogP contribution is -2.62. The molecule has 258 valence electrons. The maximum Gasteiger partial charge on any atom is 0.303 e. The molecule has 4 aliphatic carbocycles. The van der Waals surface area contributed by atoms with Gasteiger partial charge < -0.3 is 25.4 Å². The minimum atomic E-state index is -0.754. The molecule has 0 radical (unpaired) electrons. The van der Waals surface area contributed by atoms with E-state index in [-0.39, 0.29) is 65.0 Å². The molecular formula is C37H57NO6S2. The Kier molecular flexibility index (Phi) is 12.2. The Morgan fingerprint density at radius 2 is 1.80 bits per heavy atom. The zero-order valence-corrected chi connectivity index (χ0v) is 29.9. The minimum Gasteiger partial charge on any atom is -0.481 e. The predicted molar refractivity (Wildman–Crippen MR) is 186 cm³/mol. The standard InChI is InChI=1S/C37H57NO6S2/c1-5-24-7-9-27(10-8-24)46-45-19-15-33(41)38-17-18-44-26-14-16-36(3)25(20-26)21-31(39)35-29-12-11-28(23(2)6-13-34(42)43)37(29,4)32(40)22-30(35)36/h7-10,23,25-26,28-32,35,39-40H,5-6,11-22H2,1-4H3,(H,38,41)(H,42,43)/t23-,25+,26-,28+,29+,30+,31-,32+,35+,36+,37-/m0/s1. The third kappa shape index (κ3) is 7.64. The third-order valence-corrected chi connectivity index (χ3v) is 15.4. The van der Waals surface area contributed by atoms with Crippen molar-refractivity contribution in [2.24, 2.45) is 46.3 Å². The van der Waals surface area contributed by atoms with Gasteiger partial charge in [0.25, 0.3) is 0 Å². The van der Waals surface area contributed by atoms with Crippen LogP contribution in [0.3, 0.4) is 0 Å². The SMILES string of the molecule is CCc1ccc(SSCCC(=O)NCCO[C@H]2CC[C@]3(C)[C@H](C2)C[C@H](O)[C@H]2[C@H]3C[C@@H](O)[C@]3(C)[C@@H]2CC[C@@H]3[C@@H](C)CCC(=O)O)cc1. The average Bonchev–Trinajstić information content (AvgIpc) is 3.40. The van der Waals surface area contributed by atoms with Crippen molar-refractivity contribution in [1.29, 1.82) is 0 Å². The highest BCUT2D eigenvalue weighted by Gasteiger charge is 2.65. The number of amides is 1. The van der Waals surface area contributed by atoms with E-state index in [1.165, 1.54) is 10.5 Å². The van der Waals surface area contributed by atoms with Crippen LogP contribution in [-0.4, -0.2) is 64.4 Å². The number of aliphatic hydroxyl groups excluding tert-OH is 2. The molecule has 46 heavy (non-hydrogen) atoms. The summed E-state index contributed by atoms with van der Waals surface area (Å²) in [6.07, 6.45) is 8.13. The number of nitrogens with one attached hydrogen (secondary N) is 1. The quantitative estimate of drug-likeness (QED) is 0.123. The molecule has 9 heteroatoms. The van der Waals surface area contributed by atoms with E-state index < -0.39 is 12.1 Å². The maximum absolute atomic E-state index is 12.4. The lowest BCUT2D eigenvalue weighted by molar-refractivity contribution is -0.209. The number of aryl methyl sites for hydroxylation is 1. The highest BCUT2D eigenvalue weighted by Crippen LogP contribution is 2.68. The number of ether oxygens (including phenoxy) is 1. The highest BCUT2D eigenvalue weighted by atomic mass is 33.1. The number of carboxylic acids is 1. The van der Waals surface area contributed by atoms with Crippen molar-refractivity contribution >= 4 is 33.5 Å². The smallest absolute Gasteiger partial charge is 0.303 e. The van der Waals surface area contributed by atoms with Crippen LogP contribution < -0.4 is 5.32 Å². The topological polar surface area (TPSA) is 116 Å². The largest absolute Gasteiger partial charge is 0.481 e. The molecule has 0 bridgehead atoms. The van der Waals surface area contributed by atoms with Gasteiger partial charge in [-0.15, -0.1) is 0 Å². The van der Waals surface area contributed by atoms with E-state index in [1.54, 1.807) is 21.6 Å². The summed E-state index contributed by atoms with van der Waals surface area (Å²) in [6.45, 7) is 9.98. The second kappa shape index (κ2) is 15.5. The Labute approximate surface area is 284 Å². The van der Waals surface area contributed by atoms with E-state index in [1.807, 2.05) is 0 Å². The molecule has 1 aromatic rings. The zero-order chi connectivity index (χ0) is 33.1. The molecule has 1 aromatic carbocycles. The molecule has 4 saturated carbocycles. The summed E-state index contributed by atoms with van der Waals surface area (Å²) in [6, 6.07) is 8.60. The molecule has 0 unspecified atom stereocenters. The molecule has 4 fully saturated rings. The van der Waals surface area contributed by atoms with Gasteiger partial charge in [0.1, 0.15) is 0 Å². The summed E-state index contributed by atoms with van der Waals surface area (Å²) in [5, 5.41) is 35.7. The first-order valence-electron chi connectivity index (χ1n) is 17.8. The van der Waals surface area contributed by atoms with Crippen LogP contribution in [0, 0.1) is 46.3 Å². The van der Waals surface area contributed by atoms with Gasteiger partial charge in [0.15, 0.2) is 0 Å². The van der Waals surface area contributed by atoms with Crippen LogP contribution in [0.5, 0.6) is 0 Å². The van der Waals surface area contributed by atoms with Gasteiger partial charge >= 0.3 is 5.97 Å². The lowest BCUT2D eigenvalue weighted by atomic mass is 9.43. The number of fused-ring (bicyclic) bond motifs is 5. The number of aliphatic carboxylic acids is 1. The summed E-state index contributed by atoms with van der Waals surface area (Å²) in [5.74, 6) is 1.70. The van der Waals surface area contributed by atoms with Crippen LogP contribution in [0.15, 0.2) is 29.2 Å². The van der Waals surface area contributed by atoms with E-state index in [2.05, 4.69) is 57.3 Å². The Bertz CT molecular complexity index is 1180. The summed E-state index contributed by atoms with van der Waals surface area (Å²) in [5.41, 5.74) is 1.13. The maximum atomic E-state index is 12.4. The zero-order valence-electron chi connectivity index (χ0n) is 28.3. The Hall–Kier alpha value is -1.26. The summed E-state index contributed by atoms with van der Waals surface area (Å²) >= 11 is 0. The van der Waals surface area contributed by atoms with Crippen molar-refractivity contribution in [2.45, 2.75) is 122 Å². The Morgan fingerprint density at radius 1 is 1.04 bits per heavy atom. The number of carboxylic acid groups (broad SMARTS) is 1. The Balaban J connectivity index is 1.06. The van der Waals surface area contributed by atoms with Crippen molar-refractivity contribution in [2.75, 3.05) is 18.9 Å². The Morgan fingerprint density at radius 3 is 2.52 bits per heavy atom. The number of rotatable bonds is 14. The summed E-state index contributed by atoms with van der Waals surface area (Å²) in [7, 11) is 3.42. The molecule has 4 aliphatic rings. The van der Waals surface area contributed by atoms with E-state index in [0.717, 1.165) is 57.1 Å². The van der Waals surface area contributed by atoms with Gasteiger partial charge in [0.05, 0.1) is 24.9 Å². The first-order valence-corrected chi connectivity index (χ1v) is 20.1.